The van der Waals surface area contributed by atoms with E-state index in [1.807, 2.05) is 13.0 Å². The molecule has 0 amide bonds. The number of hydrogen-bond donors (Lipinski definition) is 0. The van der Waals surface area contributed by atoms with E-state index < -0.39 is 0 Å². The lowest BCUT2D eigenvalue weighted by molar-refractivity contribution is 0.202. The van der Waals surface area contributed by atoms with E-state index in [1.165, 1.54) is 0 Å². The number of nitrogens with zero attached hydrogens (tertiary/aromatic N) is 2. The second-order valence-electron chi connectivity index (χ2n) is 2.52. The summed E-state index contributed by atoms with van der Waals surface area (Å²) < 4.78 is 4.95. The molecule has 0 bridgehead atoms. The van der Waals surface area contributed by atoms with Crippen molar-refractivity contribution in [1.29, 1.82) is 0 Å². The Balaban J connectivity index is 2.75. The summed E-state index contributed by atoms with van der Waals surface area (Å²) in [6, 6.07) is 1.82. The molecule has 0 aliphatic heterocycles. The zero-order valence-electron chi connectivity index (χ0n) is 7.17. The van der Waals surface area contributed by atoms with Gasteiger partial charge in [0.15, 0.2) is 5.15 Å². The van der Waals surface area contributed by atoms with Crippen LogP contribution in [0.3, 0.4) is 0 Å². The summed E-state index contributed by atoms with van der Waals surface area (Å²) in [5.41, 5.74) is 2.01. The first-order valence-electron chi connectivity index (χ1n) is 3.71. The van der Waals surface area contributed by atoms with Crippen molar-refractivity contribution in [3.05, 3.63) is 22.5 Å². The Morgan fingerprint density at radius 1 is 1.50 bits per heavy atom. The van der Waals surface area contributed by atoms with E-state index in [0.29, 0.717) is 11.8 Å². The van der Waals surface area contributed by atoms with Crippen LogP contribution < -0.4 is 0 Å². The van der Waals surface area contributed by atoms with E-state index in [1.54, 1.807) is 7.11 Å². The summed E-state index contributed by atoms with van der Waals surface area (Å²) in [6.07, 6.45) is 0.831. The van der Waals surface area contributed by atoms with Crippen LogP contribution in [0.2, 0.25) is 5.15 Å². The number of methoxy groups -OCH3 is 1. The topological polar surface area (TPSA) is 35.0 Å². The number of aryl methyl sites for hydroxylation is 1. The fourth-order valence-corrected chi connectivity index (χ4v) is 1.10. The Bertz CT molecular complexity index is 265. The molecular weight excluding hydrogens is 176 g/mol. The molecule has 1 heterocycles. The normalized spacial score (nSPS) is 10.2. The van der Waals surface area contributed by atoms with Gasteiger partial charge in [-0.2, -0.15) is 5.10 Å². The van der Waals surface area contributed by atoms with Gasteiger partial charge in [0, 0.05) is 7.11 Å². The van der Waals surface area contributed by atoms with Crippen molar-refractivity contribution in [2.75, 3.05) is 13.7 Å². The molecule has 0 N–H and O–H groups in total. The number of ether oxygens (including phenoxy) is 1. The Kier molecular flexibility index (Phi) is 3.44. The molecule has 0 saturated carbocycles. The average Bonchev–Trinajstić information content (AvgIpc) is 2.07. The van der Waals surface area contributed by atoms with Gasteiger partial charge < -0.3 is 4.74 Å². The monoisotopic (exact) mass is 186 g/mol. The minimum Gasteiger partial charge on any atom is -0.384 e. The fourth-order valence-electron chi connectivity index (χ4n) is 0.929. The molecule has 0 aromatic carbocycles. The quantitative estimate of drug-likeness (QED) is 0.720. The highest BCUT2D eigenvalue weighted by Gasteiger charge is 2.00. The van der Waals surface area contributed by atoms with Gasteiger partial charge in [0.05, 0.1) is 12.3 Å². The smallest absolute Gasteiger partial charge is 0.152 e. The fraction of sp³-hybridized carbons (Fsp3) is 0.500. The largest absolute Gasteiger partial charge is 0.384 e. The SMILES string of the molecule is COCCc1cc(Cl)nnc1C. The third-order valence-electron chi connectivity index (χ3n) is 1.63. The molecule has 1 aromatic rings. The van der Waals surface area contributed by atoms with Crippen LogP contribution in [0.1, 0.15) is 11.3 Å². The van der Waals surface area contributed by atoms with Crippen molar-refractivity contribution in [2.45, 2.75) is 13.3 Å². The summed E-state index contributed by atoms with van der Waals surface area (Å²) in [4.78, 5) is 0. The molecule has 0 aliphatic rings. The second kappa shape index (κ2) is 4.38. The molecule has 1 rings (SSSR count). The first-order valence-corrected chi connectivity index (χ1v) is 4.09. The maximum atomic E-state index is 5.68. The Morgan fingerprint density at radius 2 is 2.25 bits per heavy atom. The van der Waals surface area contributed by atoms with Crippen LogP contribution in [-0.4, -0.2) is 23.9 Å². The lowest BCUT2D eigenvalue weighted by Crippen LogP contribution is -2.00. The number of halogens is 1. The molecule has 0 unspecified atom stereocenters. The first kappa shape index (κ1) is 9.42. The zero-order valence-corrected chi connectivity index (χ0v) is 7.93. The predicted octanol–water partition coefficient (Wildman–Crippen LogP) is 1.63. The second-order valence-corrected chi connectivity index (χ2v) is 2.91. The van der Waals surface area contributed by atoms with Crippen LogP contribution in [-0.2, 0) is 11.2 Å². The molecule has 0 fully saturated rings. The summed E-state index contributed by atoms with van der Waals surface area (Å²) in [6.45, 7) is 2.59. The molecule has 0 atom stereocenters. The van der Waals surface area contributed by atoms with Crippen LogP contribution in [0.15, 0.2) is 6.07 Å². The highest BCUT2D eigenvalue weighted by atomic mass is 35.5. The molecule has 12 heavy (non-hydrogen) atoms. The van der Waals surface area contributed by atoms with Gasteiger partial charge in [-0.25, -0.2) is 0 Å². The summed E-state index contributed by atoms with van der Waals surface area (Å²) in [5, 5.41) is 8.05. The van der Waals surface area contributed by atoms with Crippen molar-refractivity contribution in [3.8, 4) is 0 Å². The van der Waals surface area contributed by atoms with E-state index in [2.05, 4.69) is 10.2 Å². The van der Waals surface area contributed by atoms with Gasteiger partial charge in [-0.15, -0.1) is 5.10 Å². The standard InChI is InChI=1S/C8H11ClN2O/c1-6-7(3-4-12-2)5-8(9)11-10-6/h5H,3-4H2,1-2H3. The van der Waals surface area contributed by atoms with E-state index >= 15 is 0 Å². The van der Waals surface area contributed by atoms with Gasteiger partial charge in [-0.05, 0) is 25.0 Å². The van der Waals surface area contributed by atoms with Gasteiger partial charge in [0.25, 0.3) is 0 Å². The average molecular weight is 187 g/mol. The van der Waals surface area contributed by atoms with Crippen LogP contribution in [0, 0.1) is 6.92 Å². The summed E-state index contributed by atoms with van der Waals surface area (Å²) in [5.74, 6) is 0. The Hall–Kier alpha value is -0.670. The Labute approximate surface area is 76.7 Å². The molecule has 0 radical (unpaired) electrons. The van der Waals surface area contributed by atoms with Crippen molar-refractivity contribution in [3.63, 3.8) is 0 Å². The minimum atomic E-state index is 0.437. The molecule has 4 heteroatoms. The lowest BCUT2D eigenvalue weighted by Gasteiger charge is -2.02. The Morgan fingerprint density at radius 3 is 2.92 bits per heavy atom. The first-order chi connectivity index (χ1) is 5.74. The molecule has 66 valence electrons. The molecule has 1 aromatic heterocycles. The molecule has 0 spiro atoms. The molecule has 0 aliphatic carbocycles. The lowest BCUT2D eigenvalue weighted by atomic mass is 10.2. The summed E-state index contributed by atoms with van der Waals surface area (Å²) >= 11 is 5.68. The zero-order chi connectivity index (χ0) is 8.97. The molecule has 0 saturated heterocycles. The minimum absolute atomic E-state index is 0.437. The van der Waals surface area contributed by atoms with E-state index in [-0.39, 0.29) is 0 Å². The summed E-state index contributed by atoms with van der Waals surface area (Å²) in [7, 11) is 1.67. The van der Waals surface area contributed by atoms with Crippen molar-refractivity contribution in [2.24, 2.45) is 0 Å². The molecule has 3 nitrogen and oxygen atoms in total. The number of hydrogen-bond acceptors (Lipinski definition) is 3. The van der Waals surface area contributed by atoms with Crippen LogP contribution in [0.25, 0.3) is 0 Å². The van der Waals surface area contributed by atoms with Gasteiger partial charge in [-0.1, -0.05) is 11.6 Å². The van der Waals surface area contributed by atoms with Crippen LogP contribution in [0.4, 0.5) is 0 Å². The maximum absolute atomic E-state index is 5.68. The third kappa shape index (κ3) is 2.43. The van der Waals surface area contributed by atoms with Crippen molar-refractivity contribution in [1.82, 2.24) is 10.2 Å². The predicted molar refractivity (Wildman–Crippen MR) is 47.4 cm³/mol. The van der Waals surface area contributed by atoms with E-state index in [0.717, 1.165) is 17.7 Å². The van der Waals surface area contributed by atoms with Gasteiger partial charge in [0.2, 0.25) is 0 Å². The molecular formula is C8H11ClN2O. The van der Waals surface area contributed by atoms with Crippen molar-refractivity contribution >= 4 is 11.6 Å². The van der Waals surface area contributed by atoms with E-state index in [4.69, 9.17) is 16.3 Å². The van der Waals surface area contributed by atoms with Gasteiger partial charge in [0.1, 0.15) is 0 Å². The third-order valence-corrected chi connectivity index (χ3v) is 1.81. The van der Waals surface area contributed by atoms with E-state index in [9.17, 15) is 0 Å². The van der Waals surface area contributed by atoms with Gasteiger partial charge >= 0.3 is 0 Å². The van der Waals surface area contributed by atoms with Crippen LogP contribution >= 0.6 is 11.6 Å². The number of aromatic nitrogens is 2. The highest BCUT2D eigenvalue weighted by molar-refractivity contribution is 6.29. The van der Waals surface area contributed by atoms with Gasteiger partial charge in [-0.3, -0.25) is 0 Å². The highest BCUT2D eigenvalue weighted by Crippen LogP contribution is 2.10. The number of rotatable bonds is 3. The van der Waals surface area contributed by atoms with Crippen LogP contribution in [0.5, 0.6) is 0 Å². The van der Waals surface area contributed by atoms with Crippen molar-refractivity contribution < 1.29 is 4.74 Å². The maximum Gasteiger partial charge on any atom is 0.152 e.